The maximum atomic E-state index is 13.3. The molecule has 7 fully saturated rings. The number of hydrogen-bond donors (Lipinski definition) is 3. The fourth-order valence-corrected chi connectivity index (χ4v) is 17.6. The van der Waals surface area contributed by atoms with Crippen LogP contribution in [-0.2, 0) is 42.6 Å². The highest BCUT2D eigenvalue weighted by Gasteiger charge is 2.54. The van der Waals surface area contributed by atoms with E-state index in [4.69, 9.17) is 42.6 Å². The van der Waals surface area contributed by atoms with Gasteiger partial charge in [-0.25, -0.2) is 48.1 Å². The van der Waals surface area contributed by atoms with Gasteiger partial charge in [-0.1, -0.05) is 208 Å². The third-order valence-electron chi connectivity index (χ3n) is 25.0. The Morgan fingerprint density at radius 3 is 0.893 bits per heavy atom. The van der Waals surface area contributed by atoms with Crippen LogP contribution < -0.4 is 25.8 Å². The van der Waals surface area contributed by atoms with Gasteiger partial charge in [0.25, 0.3) is 0 Å². The molecule has 0 aromatic heterocycles. The minimum atomic E-state index is -0.736. The Balaban J connectivity index is 0.000000245. The zero-order chi connectivity index (χ0) is 96.9. The van der Waals surface area contributed by atoms with Crippen LogP contribution in [0.25, 0.3) is 0 Å². The Morgan fingerprint density at radius 1 is 0.313 bits per heavy atom. The van der Waals surface area contributed by atoms with E-state index < -0.39 is 81.9 Å². The molecule has 5 aromatic rings. The molecular formula is C107H162N6O18. The highest BCUT2D eigenvalue weighted by Crippen LogP contribution is 2.57. The van der Waals surface area contributed by atoms with Crippen LogP contribution in [0.5, 0.6) is 0 Å². The molecule has 728 valence electrons. The molecule has 0 unspecified atom stereocenters. The zero-order valence-corrected chi connectivity index (χ0v) is 83.5. The molecule has 24 nitrogen and oxygen atoms in total. The van der Waals surface area contributed by atoms with Gasteiger partial charge in [-0.2, -0.15) is 9.80 Å². The van der Waals surface area contributed by atoms with E-state index in [1.807, 2.05) is 179 Å². The first-order valence-electron chi connectivity index (χ1n) is 48.5. The van der Waals surface area contributed by atoms with Crippen LogP contribution in [0.3, 0.4) is 0 Å². The van der Waals surface area contributed by atoms with Crippen molar-refractivity contribution < 1.29 is 85.8 Å². The lowest BCUT2D eigenvalue weighted by atomic mass is 9.54. The molecule has 9 amide bonds. The van der Waals surface area contributed by atoms with E-state index >= 15 is 0 Å². The third-order valence-corrected chi connectivity index (χ3v) is 25.0. The topological polar surface area (TPSA) is 283 Å². The Hall–Kier alpha value is -9.87. The summed E-state index contributed by atoms with van der Waals surface area (Å²) in [6, 6.07) is 45.8. The SMILES string of the molecule is CC(C)(C)OC(=O)Nc1ccccc1.CC(C)(OC(=O)N(C(=O)OC(C)(C)C1CCCCC1)c1ccccc1)C1CCCCC1.CC(C)(OC(=O)Nc1ccccc1)C1CCCCC1.CCC(C)(C)OC(=O)N(C(=O)OC(C)(C)CC)c1ccccc1.CCCCCCCCCN(C(=O)OC(C)(C)C)C(=O)OC(C)(C)C.O=C(Nc1ccccc1)OC12CC3CC(CC(C3)C1)C2. The van der Waals surface area contributed by atoms with Crippen LogP contribution >= 0.6 is 0 Å². The van der Waals surface area contributed by atoms with E-state index in [1.54, 1.807) is 118 Å². The van der Waals surface area contributed by atoms with Crippen molar-refractivity contribution in [3.8, 4) is 0 Å². The van der Waals surface area contributed by atoms with E-state index in [0.29, 0.717) is 48.5 Å². The molecule has 0 atom stereocenters. The van der Waals surface area contributed by atoms with Crippen molar-refractivity contribution in [3.05, 3.63) is 152 Å². The Labute approximate surface area is 784 Å². The van der Waals surface area contributed by atoms with E-state index in [-0.39, 0.29) is 23.4 Å². The number of amides is 9. The van der Waals surface area contributed by atoms with Crippen molar-refractivity contribution in [2.24, 2.45) is 35.5 Å². The summed E-state index contributed by atoms with van der Waals surface area (Å²) in [7, 11) is 0. The van der Waals surface area contributed by atoms with Gasteiger partial charge in [0.05, 0.1) is 11.4 Å². The molecule has 0 heterocycles. The molecule has 0 spiro atoms. The van der Waals surface area contributed by atoms with Gasteiger partial charge in [0.2, 0.25) is 0 Å². The van der Waals surface area contributed by atoms with Crippen molar-refractivity contribution in [2.45, 2.75) is 395 Å². The summed E-state index contributed by atoms with van der Waals surface area (Å²) >= 11 is 0. The first-order valence-corrected chi connectivity index (χ1v) is 48.5. The summed E-state index contributed by atoms with van der Waals surface area (Å²) in [5.41, 5.74) is -1.68. The summed E-state index contributed by atoms with van der Waals surface area (Å²) in [4.78, 5) is 115. The van der Waals surface area contributed by atoms with Gasteiger partial charge in [0.1, 0.15) is 50.4 Å². The molecule has 0 aliphatic heterocycles. The summed E-state index contributed by atoms with van der Waals surface area (Å²) in [6.45, 7) is 41.6. The van der Waals surface area contributed by atoms with Gasteiger partial charge in [0.15, 0.2) is 0 Å². The summed E-state index contributed by atoms with van der Waals surface area (Å²) < 4.78 is 50.1. The Kier molecular flexibility index (Phi) is 43.6. The minimum Gasteiger partial charge on any atom is -0.444 e. The number of ether oxygens (including phenoxy) is 9. The summed E-state index contributed by atoms with van der Waals surface area (Å²) in [6.07, 6.45) is 28.7. The van der Waals surface area contributed by atoms with E-state index in [1.165, 1.54) is 77.0 Å². The molecule has 7 aliphatic rings. The van der Waals surface area contributed by atoms with Crippen LogP contribution in [0, 0.1) is 35.5 Å². The number of nitrogens with one attached hydrogen (secondary N) is 3. The number of imide groups is 3. The largest absolute Gasteiger partial charge is 0.444 e. The molecule has 4 bridgehead atoms. The van der Waals surface area contributed by atoms with Crippen LogP contribution in [-0.4, -0.2) is 117 Å². The lowest BCUT2D eigenvalue weighted by molar-refractivity contribution is -0.124. The average molecular weight is 1820 g/mol. The van der Waals surface area contributed by atoms with Gasteiger partial charge in [-0.3, -0.25) is 16.0 Å². The molecule has 7 aliphatic carbocycles. The van der Waals surface area contributed by atoms with Crippen LogP contribution in [0.1, 0.15) is 345 Å². The normalized spacial score (nSPS) is 18.1. The summed E-state index contributed by atoms with van der Waals surface area (Å²) in [5, 5.41) is 8.27. The summed E-state index contributed by atoms with van der Waals surface area (Å²) in [5.74, 6) is 3.47. The molecular weight excluding hydrogens is 1660 g/mol. The number of carbonyl (C=O) groups excluding carboxylic acids is 9. The molecule has 24 heteroatoms. The predicted molar refractivity (Wildman–Crippen MR) is 522 cm³/mol. The molecule has 12 rings (SSSR count). The third kappa shape index (κ3) is 40.6. The van der Waals surface area contributed by atoms with Crippen molar-refractivity contribution in [3.63, 3.8) is 0 Å². The number of rotatable bonds is 24. The fourth-order valence-electron chi connectivity index (χ4n) is 17.6. The first kappa shape index (κ1) is 110. The van der Waals surface area contributed by atoms with Crippen molar-refractivity contribution >= 4 is 83.3 Å². The number of unbranched alkanes of at least 4 members (excludes halogenated alkanes) is 6. The molecule has 0 radical (unpaired) electrons. The highest BCUT2D eigenvalue weighted by atomic mass is 16.6. The van der Waals surface area contributed by atoms with E-state index in [2.05, 4.69) is 22.9 Å². The zero-order valence-electron chi connectivity index (χ0n) is 83.5. The second-order valence-electron chi connectivity index (χ2n) is 41.9. The quantitative estimate of drug-likeness (QED) is 0.0382. The molecule has 0 saturated heterocycles. The van der Waals surface area contributed by atoms with Gasteiger partial charge in [-0.15, -0.1) is 0 Å². The van der Waals surface area contributed by atoms with E-state index in [9.17, 15) is 43.2 Å². The van der Waals surface area contributed by atoms with Gasteiger partial charge < -0.3 is 42.6 Å². The van der Waals surface area contributed by atoms with Gasteiger partial charge in [0, 0.05) is 23.6 Å². The number of para-hydroxylation sites is 5. The number of benzene rings is 5. The van der Waals surface area contributed by atoms with Gasteiger partial charge >= 0.3 is 54.8 Å². The van der Waals surface area contributed by atoms with Crippen LogP contribution in [0.15, 0.2) is 152 Å². The van der Waals surface area contributed by atoms with Crippen LogP contribution in [0.4, 0.5) is 71.6 Å². The molecule has 5 aromatic carbocycles. The van der Waals surface area contributed by atoms with Crippen LogP contribution in [0.2, 0.25) is 0 Å². The predicted octanol–water partition coefficient (Wildman–Crippen LogP) is 30.4. The lowest BCUT2D eigenvalue weighted by Crippen LogP contribution is -2.53. The molecule has 7 saturated carbocycles. The number of hydrogen-bond acceptors (Lipinski definition) is 18. The van der Waals surface area contributed by atoms with E-state index in [0.717, 1.165) is 152 Å². The lowest BCUT2D eigenvalue weighted by Gasteiger charge is -2.55. The number of carbonyl (C=O) groups is 9. The number of anilines is 5. The smallest absolute Gasteiger partial charge is 0.424 e. The fraction of sp³-hybridized carbons (Fsp3) is 0.636. The van der Waals surface area contributed by atoms with Gasteiger partial charge in [-0.05, 0) is 324 Å². The standard InChI is InChI=1S/C26H39NO4.C19H37NO4.C18H27NO4.C17H21NO2.C16H23NO2.C11H15NO2/c1-25(2,20-14-8-5-9-15-20)30-23(28)27(22-18-12-7-13-19-22)24(29)31-26(3,4)21-16-10-6-11-17-21;1-8-9-10-11-12-13-14-15-20(16(21)23-18(2,3)4)17(22)24-19(5,6)7;1-7-17(3,4)22-15(20)19(14-12-10-9-11-13-14)16(21)23-18(5,6)8-2;19-16(18-15-4-2-1-3-5-15)20-17-9-12-6-13(10-17)8-14(7-12)11-17;1-16(2,13-9-5-3-6-10-13)19-15(18)17-14-11-7-4-8-12-14;1-11(2,3)14-10(13)12-9-7-5-4-6-8-9/h7,12-13,18-21H,5-6,8-11,14-17H2,1-4H3;8-15H2,1-7H3;9-13H,7-8H2,1-6H3;1-5,12-14H,6-11H2,(H,18,19);4,7-8,11-13H,3,5-6,9-10H2,1-2H3,(H,17,18);4-8H,1-3H3,(H,12,13). The number of nitrogens with zero attached hydrogens (tertiary/aromatic N) is 3. The molecule has 3 N–H and O–H groups in total. The van der Waals surface area contributed by atoms with Crippen molar-refractivity contribution in [2.75, 3.05) is 32.3 Å². The highest BCUT2D eigenvalue weighted by molar-refractivity contribution is 6.10. The maximum Gasteiger partial charge on any atom is 0.424 e. The van der Waals surface area contributed by atoms with Crippen molar-refractivity contribution in [1.82, 2.24) is 4.90 Å². The minimum absolute atomic E-state index is 0.159. The average Bonchev–Trinajstić information content (AvgIpc) is 0.747. The second-order valence-corrected chi connectivity index (χ2v) is 41.9. The second kappa shape index (κ2) is 52.0. The Morgan fingerprint density at radius 2 is 0.588 bits per heavy atom. The first-order chi connectivity index (χ1) is 61.5. The van der Waals surface area contributed by atoms with Crippen molar-refractivity contribution in [1.29, 1.82) is 0 Å². The molecule has 131 heavy (non-hydrogen) atoms. The Bertz CT molecular complexity index is 4120. The maximum absolute atomic E-state index is 13.3. The monoisotopic (exact) mass is 1820 g/mol.